The topological polar surface area (TPSA) is 253 Å². The predicted octanol–water partition coefficient (Wildman–Crippen LogP) is 8.00. The molecule has 26 heteroatoms. The van der Waals surface area contributed by atoms with E-state index in [1.165, 1.54) is 6.20 Å². The Morgan fingerprint density at radius 3 is 1.51 bits per heavy atom. The first kappa shape index (κ1) is 55.4. The zero-order valence-electron chi connectivity index (χ0n) is 38.5. The number of carboxylic acid groups (broad SMARTS) is 2. The van der Waals surface area contributed by atoms with Crippen LogP contribution in [0.1, 0.15) is 11.3 Å². The standard InChI is InChI=1S/C25H26ClN5O2.C18H20ClN5O2.2C2HF3O2/c26-21-20(16-17-4-2-1-3-5-17)28-25-23(22(21)27)29-24(30-25)18-6-8-19(9-7-18)33-15-12-31-10-13-32-14-11-31;19-14-11-21-18-16(15(14)20)22-17(23-18)12-1-3-13(4-2-12)26-10-7-24-5-8-25-9-6-24;2*3-2(4,5)1(6)7/h1-9H,10-16H2,(H3,27,28,29,30);1-4,11H,5-10H2,(H3,20,21,22,23);2*(H,6,7). The van der Waals surface area contributed by atoms with Crippen LogP contribution >= 0.6 is 23.2 Å². The Hall–Kier alpha value is -6.96. The van der Waals surface area contributed by atoms with Crippen molar-refractivity contribution in [3.63, 3.8) is 0 Å². The number of carbonyl (C=O) groups is 2. The molecule has 3 aromatic carbocycles. The second kappa shape index (κ2) is 25.6. The van der Waals surface area contributed by atoms with Crippen LogP contribution in [0, 0.1) is 0 Å². The average Bonchev–Trinajstić information content (AvgIpc) is 4.02. The van der Waals surface area contributed by atoms with Gasteiger partial charge in [-0.3, -0.25) is 9.80 Å². The first-order valence-corrected chi connectivity index (χ1v) is 22.9. The molecule has 9 rings (SSSR count). The summed E-state index contributed by atoms with van der Waals surface area (Å²) in [6.45, 7) is 10.2. The quantitative estimate of drug-likeness (QED) is 0.0634. The molecule has 2 aliphatic heterocycles. The molecule has 2 fully saturated rings. The summed E-state index contributed by atoms with van der Waals surface area (Å²) in [6.07, 6.45) is -8.06. The Balaban J connectivity index is 0.000000192. The van der Waals surface area contributed by atoms with Crippen LogP contribution in [-0.4, -0.2) is 153 Å². The molecule has 6 heterocycles. The van der Waals surface area contributed by atoms with Crippen molar-refractivity contribution in [2.75, 3.05) is 90.4 Å². The molecule has 0 atom stereocenters. The average molecular weight is 1070 g/mol. The molecule has 2 saturated heterocycles. The van der Waals surface area contributed by atoms with Crippen LogP contribution in [0.15, 0.2) is 85.1 Å². The molecule has 0 unspecified atom stereocenters. The Kier molecular flexibility index (Phi) is 19.4. The van der Waals surface area contributed by atoms with Crippen molar-refractivity contribution in [1.29, 1.82) is 0 Å². The van der Waals surface area contributed by atoms with Crippen molar-refractivity contribution in [1.82, 2.24) is 39.7 Å². The predicted molar refractivity (Wildman–Crippen MR) is 260 cm³/mol. The van der Waals surface area contributed by atoms with Crippen molar-refractivity contribution < 1.29 is 65.1 Å². The van der Waals surface area contributed by atoms with E-state index < -0.39 is 24.3 Å². The number of aromatic nitrogens is 6. The lowest BCUT2D eigenvalue weighted by Gasteiger charge is -2.26. The molecule has 7 aromatic rings. The number of carboxylic acids is 2. The van der Waals surface area contributed by atoms with Crippen molar-refractivity contribution in [3.8, 4) is 34.3 Å². The highest BCUT2D eigenvalue weighted by Gasteiger charge is 2.39. The van der Waals surface area contributed by atoms with Crippen LogP contribution in [0.3, 0.4) is 0 Å². The number of aromatic amines is 2. The summed E-state index contributed by atoms with van der Waals surface area (Å²) in [5.74, 6) is -2.47. The van der Waals surface area contributed by atoms with E-state index in [1.54, 1.807) is 0 Å². The van der Waals surface area contributed by atoms with Crippen LogP contribution in [0.2, 0.25) is 10.0 Å². The van der Waals surface area contributed by atoms with Gasteiger partial charge in [0, 0.05) is 56.8 Å². The molecule has 4 aromatic heterocycles. The summed E-state index contributed by atoms with van der Waals surface area (Å²) >= 11 is 12.5. The number of halogens is 8. The number of benzene rings is 3. The number of hydrogen-bond donors (Lipinski definition) is 6. The minimum absolute atomic E-state index is 0.414. The third-order valence-electron chi connectivity index (χ3n) is 10.7. The molecular weight excluding hydrogens is 1020 g/mol. The van der Waals surface area contributed by atoms with Gasteiger partial charge in [0.1, 0.15) is 47.4 Å². The fourth-order valence-electron chi connectivity index (χ4n) is 6.86. The fourth-order valence-corrected chi connectivity index (χ4v) is 7.21. The summed E-state index contributed by atoms with van der Waals surface area (Å²) in [5, 5.41) is 15.1. The molecular formula is C47H48Cl2F6N10O8. The summed E-state index contributed by atoms with van der Waals surface area (Å²) in [4.78, 5) is 47.0. The number of fused-ring (bicyclic) bond motifs is 2. The molecule has 0 bridgehead atoms. The molecule has 390 valence electrons. The second-order valence-electron chi connectivity index (χ2n) is 15.8. The van der Waals surface area contributed by atoms with Gasteiger partial charge in [0.15, 0.2) is 11.3 Å². The number of nitrogens with one attached hydrogen (secondary N) is 2. The Bertz CT molecular complexity index is 2880. The number of nitrogen functional groups attached to an aromatic ring is 2. The lowest BCUT2D eigenvalue weighted by molar-refractivity contribution is -0.193. The number of rotatable bonds is 12. The first-order valence-electron chi connectivity index (χ1n) is 22.1. The number of nitrogens with zero attached hydrogens (tertiary/aromatic N) is 6. The molecule has 0 spiro atoms. The number of H-pyrrole nitrogens is 2. The summed E-state index contributed by atoms with van der Waals surface area (Å²) in [5.41, 5.74) is 19.3. The molecule has 0 aliphatic carbocycles. The number of nitrogens with two attached hydrogens (primary N) is 2. The van der Waals surface area contributed by atoms with Crippen LogP contribution < -0.4 is 20.9 Å². The van der Waals surface area contributed by atoms with Gasteiger partial charge >= 0.3 is 24.3 Å². The van der Waals surface area contributed by atoms with E-state index in [0.717, 1.165) is 99.6 Å². The highest BCUT2D eigenvalue weighted by Crippen LogP contribution is 2.33. The summed E-state index contributed by atoms with van der Waals surface area (Å²) < 4.78 is 85.9. The van der Waals surface area contributed by atoms with Gasteiger partial charge in [-0.25, -0.2) is 29.5 Å². The van der Waals surface area contributed by atoms with E-state index in [9.17, 15) is 26.3 Å². The summed E-state index contributed by atoms with van der Waals surface area (Å²) in [7, 11) is 0. The van der Waals surface area contributed by atoms with Gasteiger partial charge in [-0.15, -0.1) is 0 Å². The number of imidazole rings is 2. The molecule has 0 amide bonds. The van der Waals surface area contributed by atoms with E-state index in [-0.39, 0.29) is 0 Å². The lowest BCUT2D eigenvalue weighted by Crippen LogP contribution is -2.38. The number of anilines is 2. The molecule has 73 heavy (non-hydrogen) atoms. The Labute approximate surface area is 422 Å². The maximum Gasteiger partial charge on any atom is 0.490 e. The van der Waals surface area contributed by atoms with E-state index in [0.29, 0.717) is 75.0 Å². The van der Waals surface area contributed by atoms with Gasteiger partial charge in [-0.2, -0.15) is 26.3 Å². The SMILES string of the molecule is Nc1c(Cl)c(Cc2ccccc2)nc2nc(-c3ccc(OCCN4CCOCC4)cc3)[nH]c12.Nc1c(Cl)cnc2nc(-c3ccc(OCCN4CCOCC4)cc3)[nH]c12.O=C(O)C(F)(F)F.O=C(O)C(F)(F)F. The monoisotopic (exact) mass is 1060 g/mol. The van der Waals surface area contributed by atoms with Gasteiger partial charge in [0.05, 0.1) is 59.7 Å². The molecule has 8 N–H and O–H groups in total. The van der Waals surface area contributed by atoms with Crippen LogP contribution in [0.25, 0.3) is 45.1 Å². The van der Waals surface area contributed by atoms with Crippen LogP contribution in [0.4, 0.5) is 37.7 Å². The second-order valence-corrected chi connectivity index (χ2v) is 16.6. The van der Waals surface area contributed by atoms with Crippen LogP contribution in [-0.2, 0) is 25.5 Å². The smallest absolute Gasteiger partial charge is 0.490 e. The van der Waals surface area contributed by atoms with Crippen molar-refractivity contribution in [2.24, 2.45) is 0 Å². The van der Waals surface area contributed by atoms with E-state index >= 15 is 0 Å². The van der Waals surface area contributed by atoms with Gasteiger partial charge < -0.3 is 50.6 Å². The van der Waals surface area contributed by atoms with Gasteiger partial charge in [-0.1, -0.05) is 53.5 Å². The fraction of sp³-hybridized carbons (Fsp3) is 0.319. The molecule has 18 nitrogen and oxygen atoms in total. The van der Waals surface area contributed by atoms with Gasteiger partial charge in [0.25, 0.3) is 0 Å². The number of ether oxygens (including phenoxy) is 4. The first-order chi connectivity index (χ1) is 34.8. The number of pyridine rings is 2. The van der Waals surface area contributed by atoms with Crippen LogP contribution in [0.5, 0.6) is 11.5 Å². The normalized spacial score (nSPS) is 14.2. The zero-order valence-corrected chi connectivity index (χ0v) is 40.0. The minimum Gasteiger partial charge on any atom is -0.492 e. The maximum atomic E-state index is 10.6. The Morgan fingerprint density at radius 2 is 1.07 bits per heavy atom. The molecule has 0 radical (unpaired) electrons. The highest BCUT2D eigenvalue weighted by molar-refractivity contribution is 6.35. The molecule has 2 aliphatic rings. The number of morpholine rings is 2. The largest absolute Gasteiger partial charge is 0.492 e. The zero-order chi connectivity index (χ0) is 52.7. The number of hydrogen-bond acceptors (Lipinski definition) is 14. The number of alkyl halides is 6. The minimum atomic E-state index is -5.08. The molecule has 0 saturated carbocycles. The third-order valence-corrected chi connectivity index (χ3v) is 11.4. The van der Waals surface area contributed by atoms with Gasteiger partial charge in [-0.05, 0) is 54.1 Å². The lowest BCUT2D eigenvalue weighted by atomic mass is 10.1. The van der Waals surface area contributed by atoms with Crippen molar-refractivity contribution in [3.05, 3.63) is 106 Å². The highest BCUT2D eigenvalue weighted by atomic mass is 35.5. The van der Waals surface area contributed by atoms with Crippen molar-refractivity contribution in [2.45, 2.75) is 18.8 Å². The van der Waals surface area contributed by atoms with Gasteiger partial charge in [0.2, 0.25) is 0 Å². The third kappa shape index (κ3) is 16.3. The van der Waals surface area contributed by atoms with Crippen molar-refractivity contribution >= 4 is 68.8 Å². The summed E-state index contributed by atoms with van der Waals surface area (Å²) in [6, 6.07) is 25.7. The van der Waals surface area contributed by atoms with E-state index in [1.807, 2.05) is 78.9 Å². The van der Waals surface area contributed by atoms with E-state index in [4.69, 9.17) is 73.4 Å². The Morgan fingerprint density at radius 1 is 0.644 bits per heavy atom. The number of aliphatic carboxylic acids is 2. The maximum absolute atomic E-state index is 10.6. The van der Waals surface area contributed by atoms with E-state index in [2.05, 4.69) is 39.7 Å².